The van der Waals surface area contributed by atoms with Crippen molar-refractivity contribution in [2.75, 3.05) is 25.5 Å². The van der Waals surface area contributed by atoms with Gasteiger partial charge in [-0.2, -0.15) is 0 Å². The van der Waals surface area contributed by atoms with Crippen LogP contribution in [0.5, 0.6) is 0 Å². The zero-order valence-electron chi connectivity index (χ0n) is 11.8. The van der Waals surface area contributed by atoms with E-state index in [9.17, 15) is 4.79 Å². The SMILES string of the molecule is CCN1CC[C@H](N(C)C(=O)Nc2nccs2)C[C@@H]1C. The lowest BCUT2D eigenvalue weighted by Gasteiger charge is -2.40. The van der Waals surface area contributed by atoms with E-state index in [0.717, 1.165) is 25.9 Å². The first-order valence-corrected chi connectivity index (χ1v) is 7.67. The molecule has 0 spiro atoms. The number of rotatable bonds is 3. The summed E-state index contributed by atoms with van der Waals surface area (Å²) >= 11 is 1.44. The Kier molecular flexibility index (Phi) is 4.76. The van der Waals surface area contributed by atoms with Gasteiger partial charge in [0, 0.05) is 37.3 Å². The fourth-order valence-electron chi connectivity index (χ4n) is 2.65. The van der Waals surface area contributed by atoms with E-state index in [4.69, 9.17) is 0 Å². The van der Waals surface area contributed by atoms with Crippen molar-refractivity contribution < 1.29 is 4.79 Å². The van der Waals surface area contributed by atoms with E-state index in [0.29, 0.717) is 17.2 Å². The highest BCUT2D eigenvalue weighted by Gasteiger charge is 2.29. The number of aromatic nitrogens is 1. The monoisotopic (exact) mass is 282 g/mol. The number of urea groups is 1. The minimum Gasteiger partial charge on any atom is -0.324 e. The molecule has 0 aliphatic carbocycles. The van der Waals surface area contributed by atoms with Gasteiger partial charge in [0.2, 0.25) is 0 Å². The number of carbonyl (C=O) groups excluding carboxylic acids is 1. The summed E-state index contributed by atoms with van der Waals surface area (Å²) in [6.07, 6.45) is 3.78. The number of anilines is 1. The molecule has 1 aliphatic rings. The predicted octanol–water partition coefficient (Wildman–Crippen LogP) is 2.48. The van der Waals surface area contributed by atoms with Gasteiger partial charge in [-0.1, -0.05) is 6.92 Å². The summed E-state index contributed by atoms with van der Waals surface area (Å²) in [6.45, 7) is 6.58. The highest BCUT2D eigenvalue weighted by Crippen LogP contribution is 2.21. The highest BCUT2D eigenvalue weighted by atomic mass is 32.1. The Morgan fingerprint density at radius 2 is 2.47 bits per heavy atom. The number of likely N-dealkylation sites (tertiary alicyclic amines) is 1. The molecule has 1 N–H and O–H groups in total. The predicted molar refractivity (Wildman–Crippen MR) is 78.6 cm³/mol. The number of hydrogen-bond acceptors (Lipinski definition) is 4. The van der Waals surface area contributed by atoms with Crippen LogP contribution in [0.3, 0.4) is 0 Å². The quantitative estimate of drug-likeness (QED) is 0.926. The van der Waals surface area contributed by atoms with Gasteiger partial charge in [-0.3, -0.25) is 5.32 Å². The van der Waals surface area contributed by atoms with Crippen molar-refractivity contribution in [3.05, 3.63) is 11.6 Å². The van der Waals surface area contributed by atoms with Gasteiger partial charge in [0.25, 0.3) is 0 Å². The Labute approximate surface area is 118 Å². The van der Waals surface area contributed by atoms with Gasteiger partial charge in [-0.15, -0.1) is 11.3 Å². The molecule has 1 saturated heterocycles. The van der Waals surface area contributed by atoms with Gasteiger partial charge in [-0.25, -0.2) is 9.78 Å². The smallest absolute Gasteiger partial charge is 0.323 e. The van der Waals surface area contributed by atoms with Crippen molar-refractivity contribution >= 4 is 22.5 Å². The average molecular weight is 282 g/mol. The van der Waals surface area contributed by atoms with E-state index >= 15 is 0 Å². The third kappa shape index (κ3) is 3.45. The van der Waals surface area contributed by atoms with Gasteiger partial charge >= 0.3 is 6.03 Å². The highest BCUT2D eigenvalue weighted by molar-refractivity contribution is 7.13. The van der Waals surface area contributed by atoms with Crippen LogP contribution >= 0.6 is 11.3 Å². The van der Waals surface area contributed by atoms with Crippen LogP contribution in [0.25, 0.3) is 0 Å². The lowest BCUT2D eigenvalue weighted by molar-refractivity contribution is 0.104. The molecule has 19 heavy (non-hydrogen) atoms. The molecule has 5 nitrogen and oxygen atoms in total. The fraction of sp³-hybridized carbons (Fsp3) is 0.692. The largest absolute Gasteiger partial charge is 0.324 e. The minimum atomic E-state index is -0.0582. The first-order valence-electron chi connectivity index (χ1n) is 6.79. The van der Waals surface area contributed by atoms with E-state index in [-0.39, 0.29) is 6.03 Å². The Hall–Kier alpha value is -1.14. The van der Waals surface area contributed by atoms with Crippen LogP contribution < -0.4 is 5.32 Å². The van der Waals surface area contributed by atoms with Crippen molar-refractivity contribution in [3.63, 3.8) is 0 Å². The molecule has 0 saturated carbocycles. The van der Waals surface area contributed by atoms with Crippen LogP contribution in [0.4, 0.5) is 9.93 Å². The molecule has 1 fully saturated rings. The maximum Gasteiger partial charge on any atom is 0.323 e. The second-order valence-corrected chi connectivity index (χ2v) is 5.93. The molecular formula is C13H22N4OS. The zero-order chi connectivity index (χ0) is 13.8. The molecule has 2 rings (SSSR count). The van der Waals surface area contributed by atoms with Crippen molar-refractivity contribution in [2.24, 2.45) is 0 Å². The van der Waals surface area contributed by atoms with E-state index in [1.165, 1.54) is 11.3 Å². The van der Waals surface area contributed by atoms with Gasteiger partial charge in [0.1, 0.15) is 0 Å². The fourth-order valence-corrected chi connectivity index (χ4v) is 3.17. The molecular weight excluding hydrogens is 260 g/mol. The van der Waals surface area contributed by atoms with Crippen molar-refractivity contribution in [2.45, 2.75) is 38.8 Å². The molecule has 0 aromatic carbocycles. The summed E-state index contributed by atoms with van der Waals surface area (Å²) in [5, 5.41) is 5.36. The van der Waals surface area contributed by atoms with E-state index in [2.05, 4.69) is 29.0 Å². The van der Waals surface area contributed by atoms with Gasteiger partial charge in [-0.05, 0) is 26.3 Å². The summed E-state index contributed by atoms with van der Waals surface area (Å²) in [4.78, 5) is 20.5. The molecule has 1 aromatic rings. The molecule has 0 radical (unpaired) electrons. The number of amides is 2. The lowest BCUT2D eigenvalue weighted by Crippen LogP contribution is -2.50. The Bertz CT molecular complexity index is 409. The topological polar surface area (TPSA) is 48.5 Å². The van der Waals surface area contributed by atoms with Crippen molar-refractivity contribution in [1.82, 2.24) is 14.8 Å². The molecule has 2 heterocycles. The molecule has 2 amide bonds. The second kappa shape index (κ2) is 6.34. The van der Waals surface area contributed by atoms with Crippen molar-refractivity contribution in [1.29, 1.82) is 0 Å². The first-order chi connectivity index (χ1) is 9.11. The molecule has 0 unspecified atom stereocenters. The van der Waals surface area contributed by atoms with E-state index in [1.807, 2.05) is 17.3 Å². The Morgan fingerprint density at radius 1 is 1.68 bits per heavy atom. The summed E-state index contributed by atoms with van der Waals surface area (Å²) in [5.74, 6) is 0. The van der Waals surface area contributed by atoms with E-state index in [1.54, 1.807) is 6.20 Å². The van der Waals surface area contributed by atoms with Crippen LogP contribution in [-0.4, -0.2) is 53.0 Å². The zero-order valence-corrected chi connectivity index (χ0v) is 12.6. The normalized spacial score (nSPS) is 24.2. The third-order valence-corrected chi connectivity index (χ3v) is 4.60. The second-order valence-electron chi connectivity index (χ2n) is 5.03. The summed E-state index contributed by atoms with van der Waals surface area (Å²) in [5.41, 5.74) is 0. The van der Waals surface area contributed by atoms with Gasteiger partial charge in [0.05, 0.1) is 0 Å². The number of thiazole rings is 1. The number of piperidine rings is 1. The lowest BCUT2D eigenvalue weighted by atomic mass is 9.97. The Morgan fingerprint density at radius 3 is 3.05 bits per heavy atom. The summed E-state index contributed by atoms with van der Waals surface area (Å²) < 4.78 is 0. The molecule has 6 heteroatoms. The number of hydrogen-bond donors (Lipinski definition) is 1. The number of nitrogens with one attached hydrogen (secondary N) is 1. The minimum absolute atomic E-state index is 0.0582. The van der Waals surface area contributed by atoms with Crippen LogP contribution in [0.2, 0.25) is 0 Å². The van der Waals surface area contributed by atoms with Gasteiger partial charge in [0.15, 0.2) is 5.13 Å². The van der Waals surface area contributed by atoms with Crippen molar-refractivity contribution in [3.8, 4) is 0 Å². The van der Waals surface area contributed by atoms with Gasteiger partial charge < -0.3 is 9.80 Å². The standard InChI is InChI=1S/C13H22N4OS/c1-4-17-7-5-11(9-10(17)2)16(3)13(18)15-12-14-6-8-19-12/h6,8,10-11H,4-5,7,9H2,1-3H3,(H,14,15,18)/t10-,11-/m0/s1. The average Bonchev–Trinajstić information content (AvgIpc) is 2.90. The summed E-state index contributed by atoms with van der Waals surface area (Å²) in [6, 6.07) is 0.800. The molecule has 106 valence electrons. The summed E-state index contributed by atoms with van der Waals surface area (Å²) in [7, 11) is 1.88. The van der Waals surface area contributed by atoms with E-state index < -0.39 is 0 Å². The van der Waals surface area contributed by atoms with Crippen LogP contribution in [0.1, 0.15) is 26.7 Å². The first kappa shape index (κ1) is 14.3. The molecule has 1 aliphatic heterocycles. The van der Waals surface area contributed by atoms with Crippen LogP contribution in [-0.2, 0) is 0 Å². The Balaban J connectivity index is 1.89. The van der Waals surface area contributed by atoms with Crippen LogP contribution in [0.15, 0.2) is 11.6 Å². The molecule has 0 bridgehead atoms. The maximum atomic E-state index is 12.1. The third-order valence-electron chi connectivity index (χ3n) is 3.91. The maximum absolute atomic E-state index is 12.1. The molecule has 2 atom stereocenters. The number of nitrogens with zero attached hydrogens (tertiary/aromatic N) is 3. The molecule has 1 aromatic heterocycles. The van der Waals surface area contributed by atoms with Crippen LogP contribution in [0, 0.1) is 0 Å². The number of carbonyl (C=O) groups is 1.